The number of nitrogens with zero attached hydrogens (tertiary/aromatic N) is 2. The zero-order valence-electron chi connectivity index (χ0n) is 11.6. The fraction of sp³-hybridized carbons (Fsp3) is 0.846. The number of aliphatic carboxylic acids is 1. The highest BCUT2D eigenvalue weighted by Gasteiger charge is 2.24. The molecule has 1 rings (SSSR count). The van der Waals surface area contributed by atoms with Crippen LogP contribution in [0, 0.1) is 5.92 Å². The van der Waals surface area contributed by atoms with Crippen molar-refractivity contribution in [2.24, 2.45) is 5.92 Å². The molecule has 1 aliphatic rings. The van der Waals surface area contributed by atoms with E-state index in [1.165, 1.54) is 12.8 Å². The molecule has 1 amide bonds. The molecule has 1 saturated heterocycles. The molecular weight excluding hydrogens is 232 g/mol. The molecule has 1 fully saturated rings. The van der Waals surface area contributed by atoms with Gasteiger partial charge in [0.2, 0.25) is 5.91 Å². The van der Waals surface area contributed by atoms with Gasteiger partial charge in [-0.25, -0.2) is 0 Å². The van der Waals surface area contributed by atoms with Crippen LogP contribution in [0.1, 0.15) is 32.6 Å². The summed E-state index contributed by atoms with van der Waals surface area (Å²) in [6, 6.07) is 0.314. The van der Waals surface area contributed by atoms with E-state index in [4.69, 9.17) is 5.11 Å². The maximum atomic E-state index is 12.0. The lowest BCUT2D eigenvalue weighted by atomic mass is 9.99. The smallest absolute Gasteiger partial charge is 0.308 e. The lowest BCUT2D eigenvalue weighted by Gasteiger charge is -2.33. The van der Waals surface area contributed by atoms with Gasteiger partial charge in [0.05, 0.1) is 5.92 Å². The maximum absolute atomic E-state index is 12.0. The van der Waals surface area contributed by atoms with Crippen LogP contribution in [0.5, 0.6) is 0 Å². The first-order valence-corrected chi connectivity index (χ1v) is 6.58. The molecule has 0 radical (unpaired) electrons. The summed E-state index contributed by atoms with van der Waals surface area (Å²) < 4.78 is 0. The Labute approximate surface area is 109 Å². The molecule has 2 atom stereocenters. The maximum Gasteiger partial charge on any atom is 0.308 e. The molecule has 104 valence electrons. The Balaban J connectivity index is 2.41. The predicted octanol–water partition coefficient (Wildman–Crippen LogP) is 1.04. The van der Waals surface area contributed by atoms with E-state index < -0.39 is 11.9 Å². The lowest BCUT2D eigenvalue weighted by Crippen LogP contribution is -2.42. The molecule has 0 aliphatic carbocycles. The molecule has 2 unspecified atom stereocenters. The van der Waals surface area contributed by atoms with Crippen LogP contribution in [0.25, 0.3) is 0 Å². The fourth-order valence-electron chi connectivity index (χ4n) is 2.35. The van der Waals surface area contributed by atoms with Gasteiger partial charge in [0, 0.05) is 26.1 Å². The normalized spacial score (nSPS) is 22.5. The Kier molecular flexibility index (Phi) is 5.59. The standard InChI is InChI=1S/C13H24N2O3/c1-10(13(17)18)9-15(3)12(16)8-11-6-4-5-7-14(11)2/h10-11H,4-9H2,1-3H3,(H,17,18). The summed E-state index contributed by atoms with van der Waals surface area (Å²) in [6.45, 7) is 2.95. The van der Waals surface area contributed by atoms with Crippen LogP contribution in [0.15, 0.2) is 0 Å². The van der Waals surface area contributed by atoms with Crippen molar-refractivity contribution in [3.8, 4) is 0 Å². The van der Waals surface area contributed by atoms with Crippen molar-refractivity contribution in [3.05, 3.63) is 0 Å². The van der Waals surface area contributed by atoms with Gasteiger partial charge in [-0.05, 0) is 26.4 Å². The molecule has 1 heterocycles. The first kappa shape index (κ1) is 15.0. The van der Waals surface area contributed by atoms with Crippen molar-refractivity contribution in [1.82, 2.24) is 9.80 Å². The number of carbonyl (C=O) groups is 2. The summed E-state index contributed by atoms with van der Waals surface area (Å²) in [5, 5.41) is 8.83. The molecule has 0 spiro atoms. The molecule has 0 aromatic heterocycles. The number of piperidine rings is 1. The highest BCUT2D eigenvalue weighted by Crippen LogP contribution is 2.18. The van der Waals surface area contributed by atoms with Crippen molar-refractivity contribution in [3.63, 3.8) is 0 Å². The number of amides is 1. The van der Waals surface area contributed by atoms with Gasteiger partial charge in [-0.15, -0.1) is 0 Å². The molecule has 0 saturated carbocycles. The van der Waals surface area contributed by atoms with Gasteiger partial charge in [0.1, 0.15) is 0 Å². The number of likely N-dealkylation sites (tertiary alicyclic amines) is 1. The first-order chi connectivity index (χ1) is 8.41. The Morgan fingerprint density at radius 2 is 2.11 bits per heavy atom. The van der Waals surface area contributed by atoms with E-state index in [-0.39, 0.29) is 12.5 Å². The first-order valence-electron chi connectivity index (χ1n) is 6.58. The van der Waals surface area contributed by atoms with E-state index in [1.54, 1.807) is 18.9 Å². The molecule has 1 N–H and O–H groups in total. The van der Waals surface area contributed by atoms with E-state index in [0.29, 0.717) is 12.5 Å². The molecule has 5 heteroatoms. The summed E-state index contributed by atoms with van der Waals surface area (Å²) in [5.41, 5.74) is 0. The minimum atomic E-state index is -0.857. The second kappa shape index (κ2) is 6.73. The van der Waals surface area contributed by atoms with Crippen molar-refractivity contribution >= 4 is 11.9 Å². The highest BCUT2D eigenvalue weighted by molar-refractivity contribution is 5.77. The summed E-state index contributed by atoms with van der Waals surface area (Å²) in [6.07, 6.45) is 3.94. The number of hydrogen-bond acceptors (Lipinski definition) is 3. The molecular formula is C13H24N2O3. The molecule has 0 bridgehead atoms. The third kappa shape index (κ3) is 4.29. The van der Waals surface area contributed by atoms with Crippen LogP contribution in [-0.2, 0) is 9.59 Å². The molecule has 0 aromatic carbocycles. The Bertz CT molecular complexity index is 307. The predicted molar refractivity (Wildman–Crippen MR) is 69.3 cm³/mol. The molecule has 1 aliphatic heterocycles. The number of rotatable bonds is 5. The average molecular weight is 256 g/mol. The molecule has 5 nitrogen and oxygen atoms in total. The zero-order valence-corrected chi connectivity index (χ0v) is 11.6. The average Bonchev–Trinajstić information content (AvgIpc) is 2.31. The van der Waals surface area contributed by atoms with Gasteiger partial charge in [-0.3, -0.25) is 9.59 Å². The Hall–Kier alpha value is -1.10. The second-order valence-electron chi connectivity index (χ2n) is 5.35. The Morgan fingerprint density at radius 3 is 2.67 bits per heavy atom. The van der Waals surface area contributed by atoms with Crippen LogP contribution < -0.4 is 0 Å². The fourth-order valence-corrected chi connectivity index (χ4v) is 2.35. The quantitative estimate of drug-likeness (QED) is 0.798. The lowest BCUT2D eigenvalue weighted by molar-refractivity contribution is -0.142. The van der Waals surface area contributed by atoms with Crippen LogP contribution >= 0.6 is 0 Å². The van der Waals surface area contributed by atoms with E-state index >= 15 is 0 Å². The molecule has 0 aromatic rings. The highest BCUT2D eigenvalue weighted by atomic mass is 16.4. The number of carboxylic acids is 1. The van der Waals surface area contributed by atoms with Crippen LogP contribution in [0.3, 0.4) is 0 Å². The van der Waals surface area contributed by atoms with Gasteiger partial charge >= 0.3 is 5.97 Å². The summed E-state index contributed by atoms with van der Waals surface area (Å²) in [4.78, 5) is 26.5. The minimum absolute atomic E-state index is 0.0434. The van der Waals surface area contributed by atoms with Crippen LogP contribution in [0.2, 0.25) is 0 Å². The van der Waals surface area contributed by atoms with Gasteiger partial charge in [-0.1, -0.05) is 13.3 Å². The van der Waals surface area contributed by atoms with Crippen molar-refractivity contribution in [2.45, 2.75) is 38.6 Å². The third-order valence-corrected chi connectivity index (χ3v) is 3.73. The van der Waals surface area contributed by atoms with Crippen LogP contribution in [0.4, 0.5) is 0 Å². The SMILES string of the molecule is CC(CN(C)C(=O)CC1CCCCN1C)C(=O)O. The van der Waals surface area contributed by atoms with Gasteiger partial charge in [0.25, 0.3) is 0 Å². The molecule has 18 heavy (non-hydrogen) atoms. The van der Waals surface area contributed by atoms with E-state index in [1.807, 2.05) is 0 Å². The monoisotopic (exact) mass is 256 g/mol. The van der Waals surface area contributed by atoms with Gasteiger partial charge in [-0.2, -0.15) is 0 Å². The van der Waals surface area contributed by atoms with Gasteiger partial charge < -0.3 is 14.9 Å². The topological polar surface area (TPSA) is 60.9 Å². The van der Waals surface area contributed by atoms with E-state index in [2.05, 4.69) is 11.9 Å². The Morgan fingerprint density at radius 1 is 1.44 bits per heavy atom. The van der Waals surface area contributed by atoms with Crippen LogP contribution in [-0.4, -0.2) is 60.0 Å². The largest absolute Gasteiger partial charge is 0.481 e. The summed E-state index contributed by atoms with van der Waals surface area (Å²) in [5.74, 6) is -1.32. The van der Waals surface area contributed by atoms with Crippen molar-refractivity contribution < 1.29 is 14.7 Å². The van der Waals surface area contributed by atoms with Crippen molar-refractivity contribution in [1.29, 1.82) is 0 Å². The van der Waals surface area contributed by atoms with Gasteiger partial charge in [0.15, 0.2) is 0 Å². The second-order valence-corrected chi connectivity index (χ2v) is 5.35. The third-order valence-electron chi connectivity index (χ3n) is 3.73. The number of carboxylic acid groups (broad SMARTS) is 1. The van der Waals surface area contributed by atoms with Crippen molar-refractivity contribution in [2.75, 3.05) is 27.2 Å². The van der Waals surface area contributed by atoms with E-state index in [9.17, 15) is 9.59 Å². The minimum Gasteiger partial charge on any atom is -0.481 e. The zero-order chi connectivity index (χ0) is 13.7. The number of hydrogen-bond donors (Lipinski definition) is 1. The summed E-state index contributed by atoms with van der Waals surface area (Å²) in [7, 11) is 3.74. The number of carbonyl (C=O) groups excluding carboxylic acids is 1. The summed E-state index contributed by atoms with van der Waals surface area (Å²) >= 11 is 0. The van der Waals surface area contributed by atoms with E-state index in [0.717, 1.165) is 13.0 Å².